The Kier molecular flexibility index (Phi) is 47.6. The lowest BCUT2D eigenvalue weighted by molar-refractivity contribution is -0.301. The van der Waals surface area contributed by atoms with Crippen LogP contribution in [0.2, 0.25) is 0 Å². The first kappa shape index (κ1) is 70.4. The number of aliphatic hydroxyl groups excluding tert-OH is 2. The van der Waals surface area contributed by atoms with E-state index >= 15 is 0 Å². The molecule has 77 heavy (non-hydrogen) atoms. The highest BCUT2D eigenvalue weighted by atomic mass is 16.7. The number of carbonyl (C=O) groups is 4. The monoisotopic (exact) mass is 1080 g/mol. The zero-order valence-electron chi connectivity index (χ0n) is 47.9. The first-order valence-electron chi connectivity index (χ1n) is 29.9. The molecule has 0 aliphatic carbocycles. The van der Waals surface area contributed by atoms with Crippen molar-refractivity contribution in [1.29, 1.82) is 0 Å². The van der Waals surface area contributed by atoms with E-state index in [0.29, 0.717) is 19.3 Å². The summed E-state index contributed by atoms with van der Waals surface area (Å²) in [5.74, 6) is -3.33. The third-order valence-electron chi connectivity index (χ3n) is 12.9. The second-order valence-electron chi connectivity index (χ2n) is 19.9. The van der Waals surface area contributed by atoms with Gasteiger partial charge in [0.05, 0.1) is 13.0 Å². The molecule has 1 aliphatic heterocycles. The van der Waals surface area contributed by atoms with Gasteiger partial charge < -0.3 is 39.0 Å². The van der Waals surface area contributed by atoms with Crippen LogP contribution in [-0.4, -0.2) is 89.2 Å². The molecule has 12 nitrogen and oxygen atoms in total. The second-order valence-corrected chi connectivity index (χ2v) is 19.9. The molecule has 6 unspecified atom stereocenters. The number of hydrogen-bond donors (Lipinski definition) is 3. The summed E-state index contributed by atoms with van der Waals surface area (Å²) in [5, 5.41) is 31.5. The smallest absolute Gasteiger partial charge is 0.335 e. The van der Waals surface area contributed by atoms with Crippen molar-refractivity contribution in [3.8, 4) is 0 Å². The summed E-state index contributed by atoms with van der Waals surface area (Å²) in [6.07, 6.45) is 58.0. The molecule has 0 amide bonds. The third-order valence-corrected chi connectivity index (χ3v) is 12.9. The highest BCUT2D eigenvalue weighted by Crippen LogP contribution is 2.26. The molecule has 436 valence electrons. The minimum atomic E-state index is -1.92. The number of carboxylic acids is 1. The summed E-state index contributed by atoms with van der Waals surface area (Å²) in [4.78, 5) is 51.1. The number of allylic oxidation sites excluding steroid dienone is 17. The van der Waals surface area contributed by atoms with Crippen LogP contribution >= 0.6 is 0 Å². The summed E-state index contributed by atoms with van der Waals surface area (Å²) in [5.41, 5.74) is 0. The Morgan fingerprint density at radius 3 is 1.31 bits per heavy atom. The Morgan fingerprint density at radius 2 is 0.857 bits per heavy atom. The number of hydrogen-bond acceptors (Lipinski definition) is 11. The molecule has 1 heterocycles. The normalized spacial score (nSPS) is 18.8. The Balaban J connectivity index is 2.76. The van der Waals surface area contributed by atoms with Crippen LogP contribution in [-0.2, 0) is 42.9 Å². The van der Waals surface area contributed by atoms with Crippen molar-refractivity contribution in [3.63, 3.8) is 0 Å². The van der Waals surface area contributed by atoms with Crippen molar-refractivity contribution in [2.24, 2.45) is 0 Å². The average Bonchev–Trinajstić information content (AvgIpc) is 3.43. The van der Waals surface area contributed by atoms with Crippen LogP contribution < -0.4 is 0 Å². The molecule has 12 heteroatoms. The minimum absolute atomic E-state index is 0.0456. The quantitative estimate of drug-likeness (QED) is 0.0228. The van der Waals surface area contributed by atoms with E-state index in [-0.39, 0.29) is 25.9 Å². The molecule has 0 aromatic heterocycles. The number of unbranched alkanes of at least 4 members (excludes halogenated alkanes) is 18. The van der Waals surface area contributed by atoms with Crippen molar-refractivity contribution in [1.82, 2.24) is 0 Å². The fraction of sp³-hybridized carbons (Fsp3) is 0.662. The largest absolute Gasteiger partial charge is 0.479 e. The molecular weight excluding hydrogens is 973 g/mol. The maximum atomic E-state index is 13.1. The highest BCUT2D eigenvalue weighted by Gasteiger charge is 2.50. The molecule has 0 saturated carbocycles. The van der Waals surface area contributed by atoms with Gasteiger partial charge in [-0.15, -0.1) is 0 Å². The number of aliphatic hydroxyl groups is 2. The van der Waals surface area contributed by atoms with Gasteiger partial charge >= 0.3 is 23.9 Å². The van der Waals surface area contributed by atoms with E-state index in [2.05, 4.69) is 106 Å². The van der Waals surface area contributed by atoms with Gasteiger partial charge in [0, 0.05) is 12.8 Å². The number of rotatable bonds is 49. The van der Waals surface area contributed by atoms with E-state index in [9.17, 15) is 34.5 Å². The first-order chi connectivity index (χ1) is 37.6. The lowest BCUT2D eigenvalue weighted by atomic mass is 9.98. The van der Waals surface area contributed by atoms with Crippen LogP contribution in [0.5, 0.6) is 0 Å². The Morgan fingerprint density at radius 1 is 0.455 bits per heavy atom. The van der Waals surface area contributed by atoms with Crippen molar-refractivity contribution >= 4 is 23.9 Å². The molecule has 1 aliphatic rings. The van der Waals surface area contributed by atoms with E-state index in [1.165, 1.54) is 64.2 Å². The van der Waals surface area contributed by atoms with Crippen LogP contribution in [0, 0.1) is 0 Å². The van der Waals surface area contributed by atoms with Crippen LogP contribution in [0.25, 0.3) is 0 Å². The van der Waals surface area contributed by atoms with E-state index in [0.717, 1.165) is 103 Å². The maximum Gasteiger partial charge on any atom is 0.335 e. The van der Waals surface area contributed by atoms with E-state index in [1.54, 1.807) is 6.08 Å². The Labute approximate surface area is 465 Å². The maximum absolute atomic E-state index is 13.1. The molecule has 0 bridgehead atoms. The van der Waals surface area contributed by atoms with Gasteiger partial charge in [0.15, 0.2) is 24.6 Å². The number of carboxylic acid groups (broad SMARTS) is 1. The predicted molar refractivity (Wildman–Crippen MR) is 312 cm³/mol. The molecule has 0 radical (unpaired) electrons. The minimum Gasteiger partial charge on any atom is -0.479 e. The van der Waals surface area contributed by atoms with Crippen molar-refractivity contribution in [2.45, 2.75) is 263 Å². The van der Waals surface area contributed by atoms with Crippen LogP contribution in [0.3, 0.4) is 0 Å². The first-order valence-corrected chi connectivity index (χ1v) is 29.9. The van der Waals surface area contributed by atoms with Gasteiger partial charge in [-0.25, -0.2) is 4.79 Å². The molecular formula is C65H104O12. The predicted octanol–water partition coefficient (Wildman–Crippen LogP) is 15.4. The molecule has 1 saturated heterocycles. The molecule has 1 rings (SSSR count). The molecule has 6 atom stereocenters. The number of ether oxygens (including phenoxy) is 5. The van der Waals surface area contributed by atoms with Crippen LogP contribution in [0.1, 0.15) is 226 Å². The Bertz CT molecular complexity index is 1750. The number of aliphatic carboxylic acids is 1. The van der Waals surface area contributed by atoms with Crippen LogP contribution in [0.15, 0.2) is 109 Å². The van der Waals surface area contributed by atoms with E-state index in [4.69, 9.17) is 23.7 Å². The summed E-state index contributed by atoms with van der Waals surface area (Å²) in [6.45, 7) is 5.66. The van der Waals surface area contributed by atoms with Crippen LogP contribution in [0.4, 0.5) is 0 Å². The van der Waals surface area contributed by atoms with Crippen molar-refractivity contribution in [2.75, 3.05) is 13.2 Å². The van der Waals surface area contributed by atoms with Gasteiger partial charge in [-0.05, 0) is 83.5 Å². The van der Waals surface area contributed by atoms with E-state index in [1.807, 2.05) is 18.2 Å². The Hall–Kier alpha value is -4.62. The lowest BCUT2D eigenvalue weighted by Crippen LogP contribution is -2.61. The average molecular weight is 1080 g/mol. The molecule has 0 aromatic rings. The summed E-state index contributed by atoms with van der Waals surface area (Å²) in [6, 6.07) is 0. The zero-order valence-corrected chi connectivity index (χ0v) is 47.9. The van der Waals surface area contributed by atoms with Gasteiger partial charge in [-0.3, -0.25) is 14.4 Å². The SMILES string of the molecule is CC/C=C\C/C=C\C/C=C\C/C=C\C/C=C\CC(=O)OC(COC(=O)CCCCCC/C=C\C/C=C\C/C=C\C/C=C\CC)COC1OC(C(=O)O)C(O)C(O)C1OC(=O)CCCCCCCCCCCCCCCCC. The zero-order chi connectivity index (χ0) is 56.1. The molecule has 3 N–H and O–H groups in total. The van der Waals surface area contributed by atoms with Crippen molar-refractivity contribution in [3.05, 3.63) is 109 Å². The van der Waals surface area contributed by atoms with Gasteiger partial charge in [0.1, 0.15) is 18.8 Å². The summed E-state index contributed by atoms with van der Waals surface area (Å²) in [7, 11) is 0. The molecule has 0 aromatic carbocycles. The van der Waals surface area contributed by atoms with E-state index < -0.39 is 67.3 Å². The lowest BCUT2D eigenvalue weighted by Gasteiger charge is -2.40. The van der Waals surface area contributed by atoms with Gasteiger partial charge in [-0.1, -0.05) is 233 Å². The fourth-order valence-corrected chi connectivity index (χ4v) is 8.38. The molecule has 1 fully saturated rings. The van der Waals surface area contributed by atoms with Crippen molar-refractivity contribution < 1.29 is 58.2 Å². The van der Waals surface area contributed by atoms with Gasteiger partial charge in [0.25, 0.3) is 0 Å². The number of carbonyl (C=O) groups excluding carboxylic acids is 3. The summed E-state index contributed by atoms with van der Waals surface area (Å²) >= 11 is 0. The third kappa shape index (κ3) is 42.1. The van der Waals surface area contributed by atoms with Gasteiger partial charge in [-0.2, -0.15) is 0 Å². The van der Waals surface area contributed by atoms with Gasteiger partial charge in [0.2, 0.25) is 0 Å². The number of esters is 3. The highest BCUT2D eigenvalue weighted by molar-refractivity contribution is 5.74. The fourth-order valence-electron chi connectivity index (χ4n) is 8.38. The topological polar surface area (TPSA) is 175 Å². The second kappa shape index (κ2) is 52.1. The summed E-state index contributed by atoms with van der Waals surface area (Å²) < 4.78 is 28.3. The molecule has 0 spiro atoms. The standard InChI is InChI=1S/C65H104O12/c1-4-7-10-13-16-19-22-25-28-29-32-33-36-39-42-45-48-51-57(66)73-54-56(75-58(67)52-49-46-43-40-37-34-30-26-23-20-17-14-11-8-5-2)55-74-65-63(61(70)60(69)62(77-65)64(71)72)76-59(68)53-50-47-44-41-38-35-31-27-24-21-18-15-12-9-6-3/h7-8,10-11,16-17,19-20,25-26,28,30,32-33,37,40,46,49,56,60-63,65,69-70H,4-6,9,12-15,18,21-24,27,29,31,34-36,38-39,41-45,47-48,50-55H2,1-3H3,(H,71,72)/b10-7-,11-8-,19-16-,20-17-,28-25-,30-26-,33-32-,40-37-,49-46-.